The van der Waals surface area contributed by atoms with Gasteiger partial charge in [-0.15, -0.1) is 0 Å². The Hall–Kier alpha value is -3.72. The lowest BCUT2D eigenvalue weighted by atomic mass is 9.84. The van der Waals surface area contributed by atoms with E-state index in [0.29, 0.717) is 35.6 Å². The third-order valence-electron chi connectivity index (χ3n) is 6.08. The highest BCUT2D eigenvalue weighted by molar-refractivity contribution is 5.79. The summed E-state index contributed by atoms with van der Waals surface area (Å²) >= 11 is 0. The molecule has 1 aromatic heterocycles. The third kappa shape index (κ3) is 3.36. The summed E-state index contributed by atoms with van der Waals surface area (Å²) in [5.41, 5.74) is 0.111. The zero-order chi connectivity index (χ0) is 23.2. The van der Waals surface area contributed by atoms with Gasteiger partial charge in [-0.1, -0.05) is 12.1 Å². The van der Waals surface area contributed by atoms with Gasteiger partial charge in [0.2, 0.25) is 5.95 Å². The molecule has 0 radical (unpaired) electrons. The summed E-state index contributed by atoms with van der Waals surface area (Å²) in [5, 5.41) is 35.1. The van der Waals surface area contributed by atoms with Crippen LogP contribution in [0, 0.1) is 21.6 Å². The van der Waals surface area contributed by atoms with E-state index in [1.807, 2.05) is 18.3 Å². The summed E-state index contributed by atoms with van der Waals surface area (Å²) in [6.45, 7) is 2.58. The van der Waals surface area contributed by atoms with E-state index in [-0.39, 0.29) is 11.6 Å². The van der Waals surface area contributed by atoms with Crippen molar-refractivity contribution in [2.24, 2.45) is 0 Å². The van der Waals surface area contributed by atoms with Gasteiger partial charge in [0.25, 0.3) is 5.69 Å². The Morgan fingerprint density at radius 2 is 2.06 bits per heavy atom. The number of benzene rings is 2. The average Bonchev–Trinajstić information content (AvgIpc) is 3.18. The van der Waals surface area contributed by atoms with E-state index in [9.17, 15) is 20.5 Å². The van der Waals surface area contributed by atoms with E-state index in [0.717, 1.165) is 6.42 Å². The molecule has 0 bridgehead atoms. The minimum Gasteiger partial charge on any atom is -0.479 e. The van der Waals surface area contributed by atoms with E-state index >= 15 is 0 Å². The fourth-order valence-corrected chi connectivity index (χ4v) is 4.51. The number of imidazole rings is 1. The third-order valence-corrected chi connectivity index (χ3v) is 6.08. The maximum Gasteiger partial charge on any atom is 0.270 e. The number of rotatable bonds is 4. The molecule has 2 aliphatic rings. The minimum absolute atomic E-state index is 0.150. The van der Waals surface area contributed by atoms with Crippen LogP contribution in [0.15, 0.2) is 42.5 Å². The molecule has 0 amide bonds. The van der Waals surface area contributed by atoms with Crippen molar-refractivity contribution in [2.45, 2.75) is 37.4 Å². The highest BCUT2D eigenvalue weighted by atomic mass is 16.7. The van der Waals surface area contributed by atoms with Crippen molar-refractivity contribution >= 4 is 22.7 Å². The minimum atomic E-state index is -1.34. The van der Waals surface area contributed by atoms with E-state index in [4.69, 9.17) is 14.2 Å². The Labute approximate surface area is 188 Å². The van der Waals surface area contributed by atoms with Crippen LogP contribution in [0.1, 0.15) is 24.9 Å². The van der Waals surface area contributed by atoms with Crippen LogP contribution in [0.2, 0.25) is 0 Å². The Morgan fingerprint density at radius 1 is 1.30 bits per heavy atom. The van der Waals surface area contributed by atoms with Crippen LogP contribution in [0.5, 0.6) is 5.75 Å². The highest BCUT2D eigenvalue weighted by Gasteiger charge is 2.54. The second-order valence-corrected chi connectivity index (χ2v) is 8.11. The number of aliphatic hydroxyl groups is 1. The number of anilines is 1. The first kappa shape index (κ1) is 21.1. The molecule has 3 atom stereocenters. The quantitative estimate of drug-likeness (QED) is 0.265. The number of para-hydroxylation sites is 2. The molecule has 2 N–H and O–H groups in total. The van der Waals surface area contributed by atoms with E-state index in [1.165, 1.54) is 18.2 Å². The van der Waals surface area contributed by atoms with E-state index in [1.54, 1.807) is 23.6 Å². The Bertz CT molecular complexity index is 1260. The first-order valence-electron chi connectivity index (χ1n) is 10.4. The molecular formula is C22H21N5O6. The fourth-order valence-electron chi connectivity index (χ4n) is 4.51. The summed E-state index contributed by atoms with van der Waals surface area (Å²) in [5.74, 6) is 0.534. The molecule has 1 fully saturated rings. The zero-order valence-corrected chi connectivity index (χ0v) is 17.7. The number of aliphatic hydroxyl groups excluding tert-OH is 1. The van der Waals surface area contributed by atoms with Crippen LogP contribution in [-0.2, 0) is 9.47 Å². The molecule has 0 spiro atoms. The summed E-state index contributed by atoms with van der Waals surface area (Å²) in [6.07, 6.45) is 0.455. The van der Waals surface area contributed by atoms with Gasteiger partial charge < -0.3 is 19.3 Å². The van der Waals surface area contributed by atoms with Gasteiger partial charge in [-0.25, -0.2) is 4.98 Å². The van der Waals surface area contributed by atoms with Crippen LogP contribution in [0.25, 0.3) is 11.0 Å². The van der Waals surface area contributed by atoms with Crippen LogP contribution < -0.4 is 10.1 Å². The number of hydrogen-bond acceptors (Lipinski definition) is 9. The van der Waals surface area contributed by atoms with Gasteiger partial charge in [-0.05, 0) is 31.5 Å². The van der Waals surface area contributed by atoms with Gasteiger partial charge >= 0.3 is 0 Å². The maximum atomic E-state index is 11.7. The predicted molar refractivity (Wildman–Crippen MR) is 116 cm³/mol. The predicted octanol–water partition coefficient (Wildman–Crippen LogP) is 2.70. The smallest absolute Gasteiger partial charge is 0.270 e. The van der Waals surface area contributed by atoms with Gasteiger partial charge in [-0.2, -0.15) is 5.26 Å². The van der Waals surface area contributed by atoms with Crippen molar-refractivity contribution < 1.29 is 24.2 Å². The van der Waals surface area contributed by atoms with Crippen molar-refractivity contribution in [1.82, 2.24) is 9.55 Å². The monoisotopic (exact) mass is 451 g/mol. The van der Waals surface area contributed by atoms with Crippen molar-refractivity contribution in [1.29, 1.82) is 5.26 Å². The van der Waals surface area contributed by atoms with Crippen molar-refractivity contribution in [3.8, 4) is 11.9 Å². The lowest BCUT2D eigenvalue weighted by Gasteiger charge is -2.48. The van der Waals surface area contributed by atoms with Crippen molar-refractivity contribution in [3.05, 3.63) is 58.1 Å². The fraction of sp³-hybridized carbons (Fsp3) is 0.364. The molecule has 0 unspecified atom stereocenters. The number of nitrogens with one attached hydrogen (secondary N) is 1. The maximum absolute atomic E-state index is 11.7. The summed E-state index contributed by atoms with van der Waals surface area (Å²) in [6, 6.07) is 10.5. The molecule has 1 saturated heterocycles. The van der Waals surface area contributed by atoms with Crippen LogP contribution in [0.3, 0.4) is 0 Å². The Kier molecular flexibility index (Phi) is 5.13. The first-order valence-corrected chi connectivity index (χ1v) is 10.4. The summed E-state index contributed by atoms with van der Waals surface area (Å²) in [4.78, 5) is 15.5. The molecule has 0 aliphatic carbocycles. The second-order valence-electron chi connectivity index (χ2n) is 8.11. The van der Waals surface area contributed by atoms with Gasteiger partial charge in [0.15, 0.2) is 18.1 Å². The molecule has 2 aromatic carbocycles. The first-order chi connectivity index (χ1) is 15.9. The number of nitro benzene ring substituents is 1. The molecule has 11 nitrogen and oxygen atoms in total. The highest BCUT2D eigenvalue weighted by Crippen LogP contribution is 2.47. The van der Waals surface area contributed by atoms with Gasteiger partial charge in [-0.3, -0.25) is 20.0 Å². The number of hydrogen-bond donors (Lipinski definition) is 2. The average molecular weight is 451 g/mol. The Morgan fingerprint density at radius 3 is 2.79 bits per heavy atom. The second kappa shape index (κ2) is 8.00. The number of fused-ring (bicyclic) bond motifs is 2. The molecule has 3 heterocycles. The van der Waals surface area contributed by atoms with Crippen LogP contribution in [0.4, 0.5) is 11.6 Å². The summed E-state index contributed by atoms with van der Waals surface area (Å²) < 4.78 is 19.4. The largest absolute Gasteiger partial charge is 0.479 e. The number of nitrogens with zero attached hydrogens (tertiary/aromatic N) is 4. The van der Waals surface area contributed by atoms with E-state index in [2.05, 4.69) is 10.3 Å². The molecule has 11 heteroatoms. The summed E-state index contributed by atoms with van der Waals surface area (Å²) in [7, 11) is 0. The van der Waals surface area contributed by atoms with Crippen molar-refractivity contribution in [2.75, 3.05) is 18.5 Å². The molecular weight excluding hydrogens is 430 g/mol. The molecule has 170 valence electrons. The molecule has 33 heavy (non-hydrogen) atoms. The normalized spacial score (nSPS) is 25.1. The number of non-ortho nitro benzene ring substituents is 1. The van der Waals surface area contributed by atoms with Crippen LogP contribution in [-0.4, -0.2) is 50.8 Å². The number of nitriles is 1. The standard InChI is InChI=1S/C22H21N5O6/c1-22(20-31-9-4-10-32-20)19(28)18(14-11-13(27(29)30)7-8-17(14)33-22)26-16-6-3-2-5-15(16)25-21(26)24-12-23/h2-3,5-8,11,18-20,28H,4,9-10H2,1H3,(H,24,25)/t18-,19+,22-/m0/s1. The van der Waals surface area contributed by atoms with Crippen molar-refractivity contribution in [3.63, 3.8) is 0 Å². The van der Waals surface area contributed by atoms with Crippen LogP contribution >= 0.6 is 0 Å². The zero-order valence-electron chi connectivity index (χ0n) is 17.7. The number of aromatic nitrogens is 2. The van der Waals surface area contributed by atoms with Gasteiger partial charge in [0.1, 0.15) is 11.9 Å². The molecule has 3 aromatic rings. The lowest BCUT2D eigenvalue weighted by molar-refractivity contribution is -0.385. The number of nitro groups is 1. The molecule has 0 saturated carbocycles. The van der Waals surface area contributed by atoms with Gasteiger partial charge in [0, 0.05) is 17.7 Å². The lowest BCUT2D eigenvalue weighted by Crippen LogP contribution is -2.62. The SMILES string of the molecule is C[C@]1(C2OCCCO2)Oc2ccc([N+](=O)[O-])cc2[C@H](n2c(NC#N)nc3ccccc32)[C@H]1O. The van der Waals surface area contributed by atoms with E-state index < -0.39 is 29.0 Å². The molecule has 2 aliphatic heterocycles. The van der Waals surface area contributed by atoms with Gasteiger partial charge in [0.05, 0.1) is 35.2 Å². The Balaban J connectivity index is 1.75. The number of ether oxygens (including phenoxy) is 3. The topological polar surface area (TPSA) is 145 Å². The molecule has 5 rings (SSSR count).